The minimum atomic E-state index is -0.361. The van der Waals surface area contributed by atoms with Gasteiger partial charge in [-0.25, -0.2) is 0 Å². The predicted molar refractivity (Wildman–Crippen MR) is 104 cm³/mol. The Hall–Kier alpha value is -2.67. The maximum absolute atomic E-state index is 12.6. The molecule has 7 heteroatoms. The second kappa shape index (κ2) is 8.35. The molecule has 0 spiro atoms. The lowest BCUT2D eigenvalue weighted by atomic mass is 10.1. The highest BCUT2D eigenvalue weighted by Gasteiger charge is 2.17. The molecule has 0 atom stereocenters. The van der Waals surface area contributed by atoms with Crippen LogP contribution < -0.4 is 5.32 Å². The van der Waals surface area contributed by atoms with Gasteiger partial charge in [-0.05, 0) is 47.9 Å². The van der Waals surface area contributed by atoms with Crippen molar-refractivity contribution in [2.24, 2.45) is 0 Å². The predicted octanol–water partition coefficient (Wildman–Crippen LogP) is 3.20. The lowest BCUT2D eigenvalue weighted by molar-refractivity contribution is 0.102. The molecular weight excluding hydrogens is 366 g/mol. The number of aliphatic hydroxyl groups excluding tert-OH is 2. The summed E-state index contributed by atoms with van der Waals surface area (Å²) in [5, 5.41) is 29.1. The van der Waals surface area contributed by atoms with Crippen LogP contribution >= 0.6 is 11.6 Å². The Morgan fingerprint density at radius 3 is 2.44 bits per heavy atom. The van der Waals surface area contributed by atoms with Crippen molar-refractivity contribution in [2.45, 2.75) is 26.6 Å². The summed E-state index contributed by atoms with van der Waals surface area (Å²) in [5.41, 5.74) is 4.62. The number of H-pyrrole nitrogens is 1. The van der Waals surface area contributed by atoms with E-state index in [4.69, 9.17) is 11.6 Å². The maximum Gasteiger partial charge on any atom is 0.276 e. The van der Waals surface area contributed by atoms with Gasteiger partial charge in [0.2, 0.25) is 0 Å². The van der Waals surface area contributed by atoms with Gasteiger partial charge in [0.1, 0.15) is 0 Å². The summed E-state index contributed by atoms with van der Waals surface area (Å²) in [6, 6.07) is 12.5. The molecule has 6 nitrogen and oxygen atoms in total. The minimum Gasteiger partial charge on any atom is -0.392 e. The average molecular weight is 386 g/mol. The molecular formula is C20H20ClN3O3. The zero-order valence-electron chi connectivity index (χ0n) is 14.8. The Labute approximate surface area is 161 Å². The lowest BCUT2D eigenvalue weighted by Crippen LogP contribution is -2.14. The van der Waals surface area contributed by atoms with Gasteiger partial charge in [0, 0.05) is 28.4 Å². The molecule has 0 bridgehead atoms. The fraction of sp³-hybridized carbons (Fsp3) is 0.200. The number of carbonyl (C=O) groups is 1. The zero-order chi connectivity index (χ0) is 19.4. The minimum absolute atomic E-state index is 0.179. The average Bonchev–Trinajstić information content (AvgIpc) is 3.02. The van der Waals surface area contributed by atoms with Gasteiger partial charge >= 0.3 is 0 Å². The highest BCUT2D eigenvalue weighted by Crippen LogP contribution is 2.20. The number of hydrogen-bond donors (Lipinski definition) is 4. The van der Waals surface area contributed by atoms with Gasteiger partial charge in [0.15, 0.2) is 5.69 Å². The van der Waals surface area contributed by atoms with Crippen LogP contribution in [0, 0.1) is 6.92 Å². The van der Waals surface area contributed by atoms with Crippen LogP contribution in [0.25, 0.3) is 0 Å². The third kappa shape index (κ3) is 4.54. The summed E-state index contributed by atoms with van der Waals surface area (Å²) in [5.74, 6) is -0.361. The lowest BCUT2D eigenvalue weighted by Gasteiger charge is -2.08. The van der Waals surface area contributed by atoms with Crippen molar-refractivity contribution >= 4 is 23.2 Å². The molecule has 1 heterocycles. The Bertz CT molecular complexity index is 947. The molecule has 0 fully saturated rings. The number of aromatic nitrogens is 2. The van der Waals surface area contributed by atoms with E-state index in [2.05, 4.69) is 15.5 Å². The SMILES string of the molecule is Cc1c(C(=O)Nc2cc(CO)cc(CO)c2)n[nH]c1Cc1cccc(Cl)c1. The summed E-state index contributed by atoms with van der Waals surface area (Å²) in [4.78, 5) is 12.6. The normalized spacial score (nSPS) is 10.8. The highest BCUT2D eigenvalue weighted by molar-refractivity contribution is 6.30. The number of amides is 1. The zero-order valence-corrected chi connectivity index (χ0v) is 15.5. The van der Waals surface area contributed by atoms with Gasteiger partial charge in [-0.1, -0.05) is 29.8 Å². The smallest absolute Gasteiger partial charge is 0.276 e. The number of benzene rings is 2. The van der Waals surface area contributed by atoms with Crippen molar-refractivity contribution in [1.82, 2.24) is 10.2 Å². The Balaban J connectivity index is 1.79. The van der Waals surface area contributed by atoms with Crippen LogP contribution in [0.15, 0.2) is 42.5 Å². The first-order chi connectivity index (χ1) is 13.0. The summed E-state index contributed by atoms with van der Waals surface area (Å²) in [7, 11) is 0. The van der Waals surface area contributed by atoms with Crippen molar-refractivity contribution in [3.63, 3.8) is 0 Å². The molecule has 0 saturated carbocycles. The fourth-order valence-electron chi connectivity index (χ4n) is 2.89. The first kappa shape index (κ1) is 19.1. The molecule has 3 aromatic rings. The molecule has 0 aliphatic heterocycles. The molecule has 4 N–H and O–H groups in total. The third-order valence-corrected chi connectivity index (χ3v) is 4.51. The monoisotopic (exact) mass is 385 g/mol. The van der Waals surface area contributed by atoms with E-state index in [1.807, 2.05) is 31.2 Å². The van der Waals surface area contributed by atoms with E-state index in [1.165, 1.54) is 0 Å². The van der Waals surface area contributed by atoms with Crippen LogP contribution in [-0.4, -0.2) is 26.3 Å². The molecule has 0 unspecified atom stereocenters. The molecule has 27 heavy (non-hydrogen) atoms. The Morgan fingerprint density at radius 2 is 1.81 bits per heavy atom. The van der Waals surface area contributed by atoms with Crippen molar-refractivity contribution in [1.29, 1.82) is 0 Å². The molecule has 1 aromatic heterocycles. The molecule has 140 valence electrons. The van der Waals surface area contributed by atoms with Crippen LogP contribution in [-0.2, 0) is 19.6 Å². The summed E-state index contributed by atoms with van der Waals surface area (Å²) >= 11 is 6.02. The van der Waals surface area contributed by atoms with E-state index in [1.54, 1.807) is 18.2 Å². The Kier molecular flexibility index (Phi) is 5.91. The van der Waals surface area contributed by atoms with Crippen LogP contribution in [0.4, 0.5) is 5.69 Å². The van der Waals surface area contributed by atoms with Gasteiger partial charge in [-0.15, -0.1) is 0 Å². The quantitative estimate of drug-likeness (QED) is 0.523. The van der Waals surface area contributed by atoms with Crippen LogP contribution in [0.5, 0.6) is 0 Å². The molecule has 0 aliphatic carbocycles. The molecule has 2 aromatic carbocycles. The molecule has 0 radical (unpaired) electrons. The number of nitrogens with one attached hydrogen (secondary N) is 2. The summed E-state index contributed by atoms with van der Waals surface area (Å²) < 4.78 is 0. The number of aliphatic hydroxyl groups is 2. The number of hydrogen-bond acceptors (Lipinski definition) is 4. The van der Waals surface area contributed by atoms with Gasteiger partial charge < -0.3 is 15.5 Å². The van der Waals surface area contributed by atoms with Crippen molar-refractivity contribution in [3.8, 4) is 0 Å². The second-order valence-corrected chi connectivity index (χ2v) is 6.73. The molecule has 0 aliphatic rings. The van der Waals surface area contributed by atoms with E-state index in [0.717, 1.165) is 16.8 Å². The second-order valence-electron chi connectivity index (χ2n) is 6.29. The fourth-order valence-corrected chi connectivity index (χ4v) is 3.10. The Morgan fingerprint density at radius 1 is 1.11 bits per heavy atom. The maximum atomic E-state index is 12.6. The largest absolute Gasteiger partial charge is 0.392 e. The molecule has 1 amide bonds. The van der Waals surface area contributed by atoms with Gasteiger partial charge in [-0.3, -0.25) is 9.89 Å². The highest BCUT2D eigenvalue weighted by atomic mass is 35.5. The van der Waals surface area contributed by atoms with Gasteiger partial charge in [0.05, 0.1) is 13.2 Å². The van der Waals surface area contributed by atoms with Gasteiger partial charge in [-0.2, -0.15) is 5.10 Å². The summed E-state index contributed by atoms with van der Waals surface area (Å²) in [6.45, 7) is 1.48. The standard InChI is InChI=1S/C20H20ClN3O3/c1-12-18(9-13-3-2-4-16(21)6-13)23-24-19(12)20(27)22-17-7-14(10-25)5-15(8-17)11-26/h2-8,25-26H,9-11H2,1H3,(H,22,27)(H,23,24). The van der Waals surface area contributed by atoms with Crippen molar-refractivity contribution in [2.75, 3.05) is 5.32 Å². The van der Waals surface area contributed by atoms with Crippen LogP contribution in [0.2, 0.25) is 5.02 Å². The van der Waals surface area contributed by atoms with Crippen molar-refractivity contribution < 1.29 is 15.0 Å². The van der Waals surface area contributed by atoms with E-state index < -0.39 is 0 Å². The number of carbonyl (C=O) groups excluding carboxylic acids is 1. The van der Waals surface area contributed by atoms with Crippen LogP contribution in [0.1, 0.15) is 38.4 Å². The molecule has 0 saturated heterocycles. The number of rotatable bonds is 6. The van der Waals surface area contributed by atoms with Crippen molar-refractivity contribution in [3.05, 3.63) is 81.1 Å². The number of aromatic amines is 1. The van der Waals surface area contributed by atoms with E-state index in [0.29, 0.717) is 34.0 Å². The van der Waals surface area contributed by atoms with E-state index >= 15 is 0 Å². The van der Waals surface area contributed by atoms with E-state index in [-0.39, 0.29) is 19.1 Å². The number of anilines is 1. The number of halogens is 1. The first-order valence-electron chi connectivity index (χ1n) is 8.44. The third-order valence-electron chi connectivity index (χ3n) is 4.27. The van der Waals surface area contributed by atoms with E-state index in [9.17, 15) is 15.0 Å². The first-order valence-corrected chi connectivity index (χ1v) is 8.82. The topological polar surface area (TPSA) is 98.2 Å². The van der Waals surface area contributed by atoms with Crippen LogP contribution in [0.3, 0.4) is 0 Å². The summed E-state index contributed by atoms with van der Waals surface area (Å²) in [6.07, 6.45) is 0.585. The molecule has 3 rings (SSSR count). The van der Waals surface area contributed by atoms with Gasteiger partial charge in [0.25, 0.3) is 5.91 Å². The number of nitrogens with zero attached hydrogens (tertiary/aromatic N) is 1.